The van der Waals surface area contributed by atoms with E-state index in [1.54, 1.807) is 13.1 Å². The summed E-state index contributed by atoms with van der Waals surface area (Å²) >= 11 is 0. The first kappa shape index (κ1) is 11.8. The number of benzene rings is 1. The van der Waals surface area contributed by atoms with E-state index < -0.39 is 5.60 Å². The average molecular weight is 227 g/mol. The van der Waals surface area contributed by atoms with Crippen LogP contribution in [0.25, 0.3) is 0 Å². The quantitative estimate of drug-likeness (QED) is 0.855. The van der Waals surface area contributed by atoms with E-state index in [1.807, 2.05) is 50.2 Å². The van der Waals surface area contributed by atoms with Gasteiger partial charge in [-0.1, -0.05) is 35.9 Å². The van der Waals surface area contributed by atoms with Gasteiger partial charge < -0.3 is 5.11 Å². The molecule has 1 atom stereocenters. The topological polar surface area (TPSA) is 33.1 Å². The molecule has 88 valence electrons. The molecule has 1 aromatic carbocycles. The van der Waals surface area contributed by atoms with Crippen LogP contribution < -0.4 is 0 Å². The van der Waals surface area contributed by atoms with E-state index in [2.05, 4.69) is 4.98 Å². The SMILES string of the molecule is Cc1cccc(C(C)(O)c2ccc(C)nc2)c1. The van der Waals surface area contributed by atoms with Crippen LogP contribution in [0.15, 0.2) is 42.6 Å². The van der Waals surface area contributed by atoms with Crippen molar-refractivity contribution in [3.8, 4) is 0 Å². The second-order valence-electron chi connectivity index (χ2n) is 4.63. The highest BCUT2D eigenvalue weighted by molar-refractivity contribution is 5.36. The molecule has 1 aromatic heterocycles. The molecule has 0 fully saturated rings. The maximum atomic E-state index is 10.6. The van der Waals surface area contributed by atoms with Gasteiger partial charge in [0.05, 0.1) is 0 Å². The fourth-order valence-corrected chi connectivity index (χ4v) is 1.87. The summed E-state index contributed by atoms with van der Waals surface area (Å²) in [4.78, 5) is 4.23. The second kappa shape index (κ2) is 4.30. The molecule has 2 rings (SSSR count). The number of aryl methyl sites for hydroxylation is 2. The van der Waals surface area contributed by atoms with Crippen LogP contribution in [-0.4, -0.2) is 10.1 Å². The zero-order valence-electron chi connectivity index (χ0n) is 10.4. The molecule has 0 bridgehead atoms. The van der Waals surface area contributed by atoms with Crippen molar-refractivity contribution in [3.63, 3.8) is 0 Å². The minimum absolute atomic E-state index is 0.814. The van der Waals surface area contributed by atoms with Gasteiger partial charge in [0.1, 0.15) is 5.60 Å². The van der Waals surface area contributed by atoms with E-state index in [0.717, 1.165) is 22.4 Å². The lowest BCUT2D eigenvalue weighted by atomic mass is 9.88. The lowest BCUT2D eigenvalue weighted by molar-refractivity contribution is 0.102. The Morgan fingerprint density at radius 2 is 1.82 bits per heavy atom. The molecular weight excluding hydrogens is 210 g/mol. The van der Waals surface area contributed by atoms with Crippen LogP contribution in [0.3, 0.4) is 0 Å². The van der Waals surface area contributed by atoms with E-state index in [9.17, 15) is 5.11 Å². The van der Waals surface area contributed by atoms with Crippen molar-refractivity contribution in [2.75, 3.05) is 0 Å². The standard InChI is InChI=1S/C15H17NO/c1-11-5-4-6-13(9-11)15(3,17)14-8-7-12(2)16-10-14/h4-10,17H,1-3H3. The fourth-order valence-electron chi connectivity index (χ4n) is 1.87. The van der Waals surface area contributed by atoms with Crippen molar-refractivity contribution < 1.29 is 5.11 Å². The molecule has 0 saturated heterocycles. The highest BCUT2D eigenvalue weighted by Crippen LogP contribution is 2.28. The molecule has 1 N–H and O–H groups in total. The van der Waals surface area contributed by atoms with Crippen LogP contribution in [0, 0.1) is 13.8 Å². The molecule has 0 saturated carbocycles. The smallest absolute Gasteiger partial charge is 0.113 e. The largest absolute Gasteiger partial charge is 0.381 e. The molecule has 1 unspecified atom stereocenters. The highest BCUT2D eigenvalue weighted by atomic mass is 16.3. The lowest BCUT2D eigenvalue weighted by Crippen LogP contribution is -2.23. The van der Waals surface area contributed by atoms with Crippen molar-refractivity contribution in [2.24, 2.45) is 0 Å². The first-order valence-electron chi connectivity index (χ1n) is 5.73. The molecule has 0 aliphatic carbocycles. The van der Waals surface area contributed by atoms with E-state index in [4.69, 9.17) is 0 Å². The first-order chi connectivity index (χ1) is 8.00. The van der Waals surface area contributed by atoms with Gasteiger partial charge in [0.25, 0.3) is 0 Å². The molecule has 0 aliphatic heterocycles. The van der Waals surface area contributed by atoms with Crippen molar-refractivity contribution in [3.05, 3.63) is 65.0 Å². The summed E-state index contributed by atoms with van der Waals surface area (Å²) < 4.78 is 0. The van der Waals surface area contributed by atoms with Crippen LogP contribution in [0.1, 0.15) is 29.3 Å². The van der Waals surface area contributed by atoms with Crippen LogP contribution in [0.5, 0.6) is 0 Å². The Labute approximate surface area is 102 Å². The molecular formula is C15H17NO. The second-order valence-corrected chi connectivity index (χ2v) is 4.63. The number of hydrogen-bond donors (Lipinski definition) is 1. The summed E-state index contributed by atoms with van der Waals surface area (Å²) in [6, 6.07) is 11.8. The van der Waals surface area contributed by atoms with Gasteiger partial charge in [-0.2, -0.15) is 0 Å². The Morgan fingerprint density at radius 1 is 1.06 bits per heavy atom. The third kappa shape index (κ3) is 2.37. The van der Waals surface area contributed by atoms with Crippen LogP contribution >= 0.6 is 0 Å². The summed E-state index contributed by atoms with van der Waals surface area (Å²) in [6.07, 6.45) is 1.73. The van der Waals surface area contributed by atoms with E-state index >= 15 is 0 Å². The Hall–Kier alpha value is -1.67. The van der Waals surface area contributed by atoms with Gasteiger partial charge in [-0.25, -0.2) is 0 Å². The molecule has 0 aliphatic rings. The number of pyridine rings is 1. The van der Waals surface area contributed by atoms with Gasteiger partial charge in [0.15, 0.2) is 0 Å². The van der Waals surface area contributed by atoms with Crippen molar-refractivity contribution >= 4 is 0 Å². The molecule has 2 nitrogen and oxygen atoms in total. The van der Waals surface area contributed by atoms with E-state index in [0.29, 0.717) is 0 Å². The lowest BCUT2D eigenvalue weighted by Gasteiger charge is -2.24. The molecule has 0 amide bonds. The van der Waals surface area contributed by atoms with Crippen LogP contribution in [0.2, 0.25) is 0 Å². The fraction of sp³-hybridized carbons (Fsp3) is 0.267. The third-order valence-electron chi connectivity index (χ3n) is 3.05. The molecule has 2 heteroatoms. The van der Waals surface area contributed by atoms with Crippen molar-refractivity contribution in [2.45, 2.75) is 26.4 Å². The Morgan fingerprint density at radius 3 is 2.41 bits per heavy atom. The predicted octanol–water partition coefficient (Wildman–Crippen LogP) is 2.95. The predicted molar refractivity (Wildman–Crippen MR) is 68.8 cm³/mol. The Bertz CT molecular complexity index is 515. The molecule has 0 radical (unpaired) electrons. The maximum absolute atomic E-state index is 10.6. The number of hydrogen-bond acceptors (Lipinski definition) is 2. The zero-order valence-corrected chi connectivity index (χ0v) is 10.4. The van der Waals surface area contributed by atoms with Gasteiger partial charge in [0.2, 0.25) is 0 Å². The summed E-state index contributed by atoms with van der Waals surface area (Å²) in [5, 5.41) is 10.6. The van der Waals surface area contributed by atoms with Crippen LogP contribution in [0.4, 0.5) is 0 Å². The third-order valence-corrected chi connectivity index (χ3v) is 3.05. The molecule has 17 heavy (non-hydrogen) atoms. The minimum atomic E-state index is -0.993. The zero-order chi connectivity index (χ0) is 12.5. The first-order valence-corrected chi connectivity index (χ1v) is 5.73. The Kier molecular flexibility index (Phi) is 2.99. The highest BCUT2D eigenvalue weighted by Gasteiger charge is 2.25. The molecule has 0 spiro atoms. The van der Waals surface area contributed by atoms with Gasteiger partial charge in [-0.05, 0) is 32.4 Å². The number of rotatable bonds is 2. The maximum Gasteiger partial charge on any atom is 0.113 e. The monoisotopic (exact) mass is 227 g/mol. The normalized spacial score (nSPS) is 14.4. The number of aromatic nitrogens is 1. The molecule has 1 heterocycles. The van der Waals surface area contributed by atoms with Gasteiger partial charge in [-0.3, -0.25) is 4.98 Å². The summed E-state index contributed by atoms with van der Waals surface area (Å²) in [5.41, 5.74) is 2.81. The van der Waals surface area contributed by atoms with Gasteiger partial charge in [-0.15, -0.1) is 0 Å². The van der Waals surface area contributed by atoms with E-state index in [1.165, 1.54) is 0 Å². The summed E-state index contributed by atoms with van der Waals surface area (Å²) in [5.74, 6) is 0. The van der Waals surface area contributed by atoms with Crippen LogP contribution in [-0.2, 0) is 5.60 Å². The van der Waals surface area contributed by atoms with Crippen molar-refractivity contribution in [1.82, 2.24) is 4.98 Å². The summed E-state index contributed by atoms with van der Waals surface area (Å²) in [7, 11) is 0. The van der Waals surface area contributed by atoms with Gasteiger partial charge >= 0.3 is 0 Å². The number of nitrogens with zero attached hydrogens (tertiary/aromatic N) is 1. The Balaban J connectivity index is 2.45. The number of aliphatic hydroxyl groups is 1. The minimum Gasteiger partial charge on any atom is -0.381 e. The average Bonchev–Trinajstić information content (AvgIpc) is 2.29. The van der Waals surface area contributed by atoms with Crippen molar-refractivity contribution in [1.29, 1.82) is 0 Å². The van der Waals surface area contributed by atoms with Gasteiger partial charge in [0, 0.05) is 17.5 Å². The summed E-state index contributed by atoms with van der Waals surface area (Å²) in [6.45, 7) is 5.76. The molecule has 2 aromatic rings. The van der Waals surface area contributed by atoms with E-state index in [-0.39, 0.29) is 0 Å².